The maximum absolute atomic E-state index is 13.5. The molecule has 1 fully saturated rings. The van der Waals surface area contributed by atoms with Crippen LogP contribution in [0.25, 0.3) is 11.1 Å². The van der Waals surface area contributed by atoms with Gasteiger partial charge in [-0.2, -0.15) is 13.2 Å². The van der Waals surface area contributed by atoms with E-state index in [4.69, 9.17) is 10.1 Å². The molecule has 2 aromatic heterocycles. The molecule has 2 aliphatic heterocycles. The first-order valence-electron chi connectivity index (χ1n) is 16.1. The Hall–Kier alpha value is -3.73. The number of nitrogens with zero attached hydrogens (tertiary/aromatic N) is 5. The van der Waals surface area contributed by atoms with Gasteiger partial charge in [-0.25, -0.2) is 9.97 Å². The molecule has 0 amide bonds. The lowest BCUT2D eigenvalue weighted by molar-refractivity contribution is -0.145. The molecule has 1 aromatic carbocycles. The van der Waals surface area contributed by atoms with Crippen molar-refractivity contribution in [3.8, 4) is 11.1 Å². The number of aromatic nitrogens is 3. The molecule has 2 aliphatic rings. The van der Waals surface area contributed by atoms with E-state index in [9.17, 15) is 23.1 Å². The molecule has 3 aromatic rings. The molecule has 8 nitrogen and oxygen atoms in total. The molecular formula is C36H48F3N5O3. The Labute approximate surface area is 276 Å². The zero-order valence-corrected chi connectivity index (χ0v) is 29.1. The number of aryl methyl sites for hydroxylation is 3. The van der Waals surface area contributed by atoms with Crippen molar-refractivity contribution in [1.82, 2.24) is 15.0 Å². The van der Waals surface area contributed by atoms with Crippen molar-refractivity contribution in [2.24, 2.45) is 5.41 Å². The Balaban J connectivity index is 0.000000930. The highest BCUT2D eigenvalue weighted by Crippen LogP contribution is 2.42. The number of hydrogen-bond acceptors (Lipinski definition) is 7. The smallest absolute Gasteiger partial charge is 0.451 e. The summed E-state index contributed by atoms with van der Waals surface area (Å²) in [5.41, 5.74) is 8.08. The van der Waals surface area contributed by atoms with Gasteiger partial charge in [-0.3, -0.25) is 9.78 Å². The van der Waals surface area contributed by atoms with Crippen molar-refractivity contribution in [2.45, 2.75) is 106 Å². The monoisotopic (exact) mass is 655 g/mol. The second kappa shape index (κ2) is 13.4. The van der Waals surface area contributed by atoms with E-state index in [0.717, 1.165) is 70.8 Å². The van der Waals surface area contributed by atoms with Crippen LogP contribution in [0, 0.1) is 33.1 Å². The van der Waals surface area contributed by atoms with Crippen molar-refractivity contribution in [3.05, 3.63) is 63.4 Å². The van der Waals surface area contributed by atoms with Crippen LogP contribution in [0.2, 0.25) is 0 Å². The lowest BCUT2D eigenvalue weighted by Crippen LogP contribution is -2.38. The van der Waals surface area contributed by atoms with Gasteiger partial charge in [-0.15, -0.1) is 0 Å². The van der Waals surface area contributed by atoms with E-state index < -0.39 is 23.6 Å². The van der Waals surface area contributed by atoms with E-state index in [0.29, 0.717) is 36.6 Å². The Morgan fingerprint density at radius 1 is 0.894 bits per heavy atom. The summed E-state index contributed by atoms with van der Waals surface area (Å²) in [6.07, 6.45) is -2.05. The van der Waals surface area contributed by atoms with Gasteiger partial charge in [0.1, 0.15) is 5.82 Å². The molecule has 256 valence electrons. The summed E-state index contributed by atoms with van der Waals surface area (Å²) < 4.78 is 40.4. The number of piperidine rings is 1. The van der Waals surface area contributed by atoms with Gasteiger partial charge in [-0.05, 0) is 89.8 Å². The van der Waals surface area contributed by atoms with Crippen LogP contribution in [0.15, 0.2) is 18.2 Å². The highest BCUT2D eigenvalue weighted by molar-refractivity contribution is 5.86. The van der Waals surface area contributed by atoms with Crippen LogP contribution in [0.4, 0.5) is 24.7 Å². The average Bonchev–Trinajstić information content (AvgIpc) is 2.94. The Morgan fingerprint density at radius 2 is 1.51 bits per heavy atom. The number of halogens is 3. The van der Waals surface area contributed by atoms with Gasteiger partial charge < -0.3 is 20.0 Å². The maximum atomic E-state index is 13.5. The average molecular weight is 656 g/mol. The quantitative estimate of drug-likeness (QED) is 0.294. The van der Waals surface area contributed by atoms with E-state index >= 15 is 0 Å². The minimum absolute atomic E-state index is 0.0984. The van der Waals surface area contributed by atoms with E-state index in [-0.39, 0.29) is 11.8 Å². The number of aliphatic carboxylic acids is 1. The van der Waals surface area contributed by atoms with Gasteiger partial charge in [0.2, 0.25) is 5.82 Å². The van der Waals surface area contributed by atoms with Gasteiger partial charge in [0.15, 0.2) is 0 Å². The lowest BCUT2D eigenvalue weighted by atomic mass is 9.82. The molecule has 0 spiro atoms. The van der Waals surface area contributed by atoms with Crippen molar-refractivity contribution in [3.63, 3.8) is 0 Å². The summed E-state index contributed by atoms with van der Waals surface area (Å²) in [5, 5.41) is 18.3. The molecule has 1 saturated heterocycles. The number of pyridine rings is 1. The molecule has 2 N–H and O–H groups in total. The highest BCUT2D eigenvalue weighted by atomic mass is 19.4. The molecule has 11 heteroatoms. The fraction of sp³-hybridized carbons (Fsp3) is 0.556. The molecule has 47 heavy (non-hydrogen) atoms. The minimum atomic E-state index is -4.61. The number of carboxylic acids is 1. The second-order valence-corrected chi connectivity index (χ2v) is 14.6. The summed E-state index contributed by atoms with van der Waals surface area (Å²) >= 11 is 0. The summed E-state index contributed by atoms with van der Waals surface area (Å²) in [7, 11) is 0. The first kappa shape index (κ1) is 36.1. The van der Waals surface area contributed by atoms with E-state index in [1.807, 2.05) is 30.9 Å². The van der Waals surface area contributed by atoms with Gasteiger partial charge in [0.05, 0.1) is 17.7 Å². The summed E-state index contributed by atoms with van der Waals surface area (Å²) in [6.45, 7) is 19.6. The third-order valence-corrected chi connectivity index (χ3v) is 8.84. The fourth-order valence-electron chi connectivity index (χ4n) is 6.20. The van der Waals surface area contributed by atoms with Crippen LogP contribution in [-0.2, 0) is 30.4 Å². The van der Waals surface area contributed by atoms with Crippen LogP contribution >= 0.6 is 0 Å². The number of alkyl halides is 3. The molecule has 0 saturated carbocycles. The van der Waals surface area contributed by atoms with Crippen molar-refractivity contribution in [1.29, 1.82) is 0 Å². The van der Waals surface area contributed by atoms with Crippen molar-refractivity contribution < 1.29 is 28.2 Å². The Kier molecular flexibility index (Phi) is 10.3. The summed E-state index contributed by atoms with van der Waals surface area (Å²) in [6, 6.07) is 6.21. The number of benzene rings is 1. The van der Waals surface area contributed by atoms with Gasteiger partial charge in [-0.1, -0.05) is 32.0 Å². The Bertz CT molecular complexity index is 1630. The third-order valence-electron chi connectivity index (χ3n) is 8.84. The first-order chi connectivity index (χ1) is 21.6. The van der Waals surface area contributed by atoms with Crippen LogP contribution in [0.3, 0.4) is 0 Å². The number of rotatable bonds is 5. The van der Waals surface area contributed by atoms with Gasteiger partial charge in [0.25, 0.3) is 0 Å². The molecule has 0 bridgehead atoms. The number of aliphatic hydroxyl groups is 1. The Morgan fingerprint density at radius 3 is 2.09 bits per heavy atom. The number of carboxylic acid groups (broad SMARTS) is 1. The second-order valence-electron chi connectivity index (χ2n) is 14.6. The molecule has 0 aliphatic carbocycles. The maximum Gasteiger partial charge on any atom is 0.451 e. The van der Waals surface area contributed by atoms with Gasteiger partial charge in [0, 0.05) is 60.0 Å². The predicted octanol–water partition coefficient (Wildman–Crippen LogP) is 7.38. The predicted molar refractivity (Wildman–Crippen MR) is 179 cm³/mol. The van der Waals surface area contributed by atoms with E-state index in [1.165, 1.54) is 0 Å². The number of fused-ring (bicyclic) bond motifs is 1. The SMILES string of the molecule is CC(C)(C)O.Cc1nc(C(F)(F)F)nc(N2CCc3cc(-c4c(C)nc(C)c(CC(=O)O)c4N4CCC(C)(C)CC4)ccc3C2)c1C. The lowest BCUT2D eigenvalue weighted by Gasteiger charge is -2.40. The molecule has 0 atom stereocenters. The molecular weight excluding hydrogens is 607 g/mol. The normalized spacial score (nSPS) is 16.4. The third kappa shape index (κ3) is 8.80. The van der Waals surface area contributed by atoms with Crippen LogP contribution in [0.1, 0.15) is 92.6 Å². The van der Waals surface area contributed by atoms with Crippen molar-refractivity contribution in [2.75, 3.05) is 29.4 Å². The largest absolute Gasteiger partial charge is 0.481 e. The zero-order valence-electron chi connectivity index (χ0n) is 29.1. The van der Waals surface area contributed by atoms with Crippen LogP contribution < -0.4 is 9.80 Å². The van der Waals surface area contributed by atoms with E-state index in [2.05, 4.69) is 34.8 Å². The number of hydrogen-bond donors (Lipinski definition) is 2. The van der Waals surface area contributed by atoms with Crippen LogP contribution in [-0.4, -0.2) is 56.4 Å². The molecule has 0 unspecified atom stereocenters. The molecule has 5 rings (SSSR count). The van der Waals surface area contributed by atoms with Crippen molar-refractivity contribution >= 4 is 17.5 Å². The topological polar surface area (TPSA) is 103 Å². The van der Waals surface area contributed by atoms with E-state index in [1.54, 1.807) is 34.6 Å². The fourth-order valence-corrected chi connectivity index (χ4v) is 6.20. The molecule has 0 radical (unpaired) electrons. The standard InChI is InChI=1S/C32H38F3N5O2.C4H10O/c1-18-19(2)37-30(32(33,34)35)38-29(18)40-12-9-22-15-23(7-8-24(22)17-40)27-21(4)36-20(3)25(16-26(41)42)28(27)39-13-10-31(5,6)11-14-39;1-4(2,3)5/h7-8,15H,9-14,16-17H2,1-6H3,(H,41,42);5H,1-3H3. The first-order valence-corrected chi connectivity index (χ1v) is 16.1. The summed E-state index contributed by atoms with van der Waals surface area (Å²) in [5.74, 6) is -1.69. The highest BCUT2D eigenvalue weighted by Gasteiger charge is 2.37. The summed E-state index contributed by atoms with van der Waals surface area (Å²) in [4.78, 5) is 28.5. The minimum Gasteiger partial charge on any atom is -0.481 e. The number of carbonyl (C=O) groups is 1. The number of anilines is 2. The van der Waals surface area contributed by atoms with Gasteiger partial charge >= 0.3 is 12.1 Å². The van der Waals surface area contributed by atoms with Crippen LogP contribution in [0.5, 0.6) is 0 Å². The zero-order chi connectivity index (χ0) is 35.1. The molecule has 4 heterocycles.